The highest BCUT2D eigenvalue weighted by Crippen LogP contribution is 2.28. The number of likely N-dealkylation sites (N-methyl/N-ethyl adjacent to an activating group) is 1. The molecule has 0 atom stereocenters. The molecule has 4 nitrogen and oxygen atoms in total. The number of benzene rings is 1. The molecule has 1 amide bonds. The molecule has 0 bridgehead atoms. The number of anilines is 2. The molecule has 0 radical (unpaired) electrons. The van der Waals surface area contributed by atoms with Crippen molar-refractivity contribution in [1.29, 1.82) is 0 Å². The maximum absolute atomic E-state index is 12.2. The lowest BCUT2D eigenvalue weighted by atomic mass is 9.97. The van der Waals surface area contributed by atoms with E-state index in [0.29, 0.717) is 0 Å². The highest BCUT2D eigenvalue weighted by molar-refractivity contribution is 5.90. The molecule has 1 aromatic carbocycles. The summed E-state index contributed by atoms with van der Waals surface area (Å²) in [6.07, 6.45) is 0. The standard InChI is InChI=1S/C13H19N3O/c1-13(2)12(17)15(3)8-9-16(13)11-6-4-10(14)5-7-11/h4-7H,8-9,14H2,1-3H3. The molecule has 2 rings (SSSR count). The average molecular weight is 233 g/mol. The summed E-state index contributed by atoms with van der Waals surface area (Å²) in [6.45, 7) is 5.52. The molecule has 0 aromatic heterocycles. The highest BCUT2D eigenvalue weighted by Gasteiger charge is 2.40. The molecule has 92 valence electrons. The van der Waals surface area contributed by atoms with Gasteiger partial charge in [-0.3, -0.25) is 4.79 Å². The first-order chi connectivity index (χ1) is 7.93. The van der Waals surface area contributed by atoms with Gasteiger partial charge in [-0.1, -0.05) is 0 Å². The molecule has 1 heterocycles. The fourth-order valence-electron chi connectivity index (χ4n) is 2.32. The number of rotatable bonds is 1. The van der Waals surface area contributed by atoms with Crippen LogP contribution < -0.4 is 10.6 Å². The molecule has 0 saturated carbocycles. The number of hydrogen-bond donors (Lipinski definition) is 1. The fourth-order valence-corrected chi connectivity index (χ4v) is 2.32. The summed E-state index contributed by atoms with van der Waals surface area (Å²) in [5.74, 6) is 0.153. The second-order valence-electron chi connectivity index (χ2n) is 5.03. The van der Waals surface area contributed by atoms with Gasteiger partial charge < -0.3 is 15.5 Å². The van der Waals surface area contributed by atoms with Crippen LogP contribution in [0, 0.1) is 0 Å². The Morgan fingerprint density at radius 1 is 1.18 bits per heavy atom. The number of piperazine rings is 1. The number of nitrogen functional groups attached to an aromatic ring is 1. The van der Waals surface area contributed by atoms with Crippen LogP contribution in [-0.2, 0) is 4.79 Å². The van der Waals surface area contributed by atoms with Gasteiger partial charge in [0.15, 0.2) is 0 Å². The Hall–Kier alpha value is -1.71. The molecule has 0 spiro atoms. The molecule has 4 heteroatoms. The second-order valence-corrected chi connectivity index (χ2v) is 5.03. The maximum atomic E-state index is 12.2. The van der Waals surface area contributed by atoms with Gasteiger partial charge in [0.2, 0.25) is 5.91 Å². The van der Waals surface area contributed by atoms with Gasteiger partial charge in [0, 0.05) is 31.5 Å². The summed E-state index contributed by atoms with van der Waals surface area (Å²) >= 11 is 0. The quantitative estimate of drug-likeness (QED) is 0.744. The zero-order chi connectivity index (χ0) is 12.6. The van der Waals surface area contributed by atoms with E-state index < -0.39 is 5.54 Å². The summed E-state index contributed by atoms with van der Waals surface area (Å²) in [5.41, 5.74) is 6.97. The summed E-state index contributed by atoms with van der Waals surface area (Å²) in [4.78, 5) is 16.1. The van der Waals surface area contributed by atoms with Crippen molar-refractivity contribution in [2.75, 3.05) is 30.8 Å². The Labute approximate surface area is 102 Å². The third kappa shape index (κ3) is 1.95. The Morgan fingerprint density at radius 2 is 1.76 bits per heavy atom. The van der Waals surface area contributed by atoms with Crippen LogP contribution in [0.15, 0.2) is 24.3 Å². The van der Waals surface area contributed by atoms with Gasteiger partial charge in [-0.15, -0.1) is 0 Å². The normalized spacial score (nSPS) is 19.6. The van der Waals surface area contributed by atoms with Crippen molar-refractivity contribution in [2.45, 2.75) is 19.4 Å². The Bertz CT molecular complexity index is 425. The first-order valence-corrected chi connectivity index (χ1v) is 5.81. The van der Waals surface area contributed by atoms with Crippen molar-refractivity contribution in [3.05, 3.63) is 24.3 Å². The number of hydrogen-bond acceptors (Lipinski definition) is 3. The molecule has 1 aromatic rings. The Balaban J connectivity index is 2.32. The number of carbonyl (C=O) groups excluding carboxylic acids is 1. The van der Waals surface area contributed by atoms with Crippen LogP contribution in [0.25, 0.3) is 0 Å². The van der Waals surface area contributed by atoms with Crippen molar-refractivity contribution in [3.8, 4) is 0 Å². The fraction of sp³-hybridized carbons (Fsp3) is 0.462. The predicted molar refractivity (Wildman–Crippen MR) is 69.9 cm³/mol. The summed E-state index contributed by atoms with van der Waals surface area (Å²) < 4.78 is 0. The van der Waals surface area contributed by atoms with Crippen molar-refractivity contribution < 1.29 is 4.79 Å². The van der Waals surface area contributed by atoms with Gasteiger partial charge in [-0.25, -0.2) is 0 Å². The van der Waals surface area contributed by atoms with E-state index in [1.165, 1.54) is 0 Å². The molecule has 1 fully saturated rings. The largest absolute Gasteiger partial charge is 0.399 e. The topological polar surface area (TPSA) is 49.6 Å². The third-order valence-corrected chi connectivity index (χ3v) is 3.41. The van der Waals surface area contributed by atoms with Crippen LogP contribution in [0.4, 0.5) is 11.4 Å². The zero-order valence-electron chi connectivity index (χ0n) is 10.6. The molecular weight excluding hydrogens is 214 g/mol. The number of nitrogens with two attached hydrogens (primary N) is 1. The Kier molecular flexibility index (Phi) is 2.73. The third-order valence-electron chi connectivity index (χ3n) is 3.41. The van der Waals surface area contributed by atoms with Crippen LogP contribution in [0.3, 0.4) is 0 Å². The number of nitrogens with zero attached hydrogens (tertiary/aromatic N) is 2. The van der Waals surface area contributed by atoms with Gasteiger partial charge in [-0.2, -0.15) is 0 Å². The van der Waals surface area contributed by atoms with Gasteiger partial charge >= 0.3 is 0 Å². The van der Waals surface area contributed by atoms with E-state index >= 15 is 0 Å². The predicted octanol–water partition coefficient (Wildman–Crippen LogP) is 1.33. The molecule has 0 unspecified atom stereocenters. The van der Waals surface area contributed by atoms with E-state index in [4.69, 9.17) is 5.73 Å². The zero-order valence-corrected chi connectivity index (χ0v) is 10.6. The van der Waals surface area contributed by atoms with E-state index in [1.54, 1.807) is 4.90 Å². The first kappa shape index (κ1) is 11.8. The van der Waals surface area contributed by atoms with Gasteiger partial charge in [-0.05, 0) is 38.1 Å². The van der Waals surface area contributed by atoms with Gasteiger partial charge in [0.1, 0.15) is 5.54 Å². The summed E-state index contributed by atoms with van der Waals surface area (Å²) in [6, 6.07) is 7.67. The minimum Gasteiger partial charge on any atom is -0.399 e. The molecule has 1 aliphatic rings. The highest BCUT2D eigenvalue weighted by atomic mass is 16.2. The number of amides is 1. The molecule has 17 heavy (non-hydrogen) atoms. The Morgan fingerprint density at radius 3 is 2.35 bits per heavy atom. The smallest absolute Gasteiger partial charge is 0.247 e. The lowest BCUT2D eigenvalue weighted by Gasteiger charge is -2.46. The molecular formula is C13H19N3O. The van der Waals surface area contributed by atoms with Crippen LogP contribution >= 0.6 is 0 Å². The summed E-state index contributed by atoms with van der Waals surface area (Å²) in [7, 11) is 1.85. The molecule has 1 saturated heterocycles. The van der Waals surface area contributed by atoms with Gasteiger partial charge in [0.25, 0.3) is 0 Å². The SMILES string of the molecule is CN1CCN(c2ccc(N)cc2)C(C)(C)C1=O. The monoisotopic (exact) mass is 233 g/mol. The first-order valence-electron chi connectivity index (χ1n) is 5.81. The average Bonchev–Trinajstić information content (AvgIpc) is 2.28. The van der Waals surface area contributed by atoms with Crippen LogP contribution in [0.2, 0.25) is 0 Å². The van der Waals surface area contributed by atoms with Crippen molar-refractivity contribution in [2.24, 2.45) is 0 Å². The van der Waals surface area contributed by atoms with E-state index in [2.05, 4.69) is 4.90 Å². The van der Waals surface area contributed by atoms with Crippen LogP contribution in [0.1, 0.15) is 13.8 Å². The van der Waals surface area contributed by atoms with E-state index in [1.807, 2.05) is 45.2 Å². The molecule has 1 aliphatic heterocycles. The lowest BCUT2D eigenvalue weighted by Crippen LogP contribution is -2.62. The second kappa shape index (κ2) is 3.95. The molecule has 2 N–H and O–H groups in total. The van der Waals surface area contributed by atoms with E-state index in [9.17, 15) is 4.79 Å². The van der Waals surface area contributed by atoms with Gasteiger partial charge in [0.05, 0.1) is 0 Å². The van der Waals surface area contributed by atoms with Crippen LogP contribution in [0.5, 0.6) is 0 Å². The summed E-state index contributed by atoms with van der Waals surface area (Å²) in [5, 5.41) is 0. The lowest BCUT2D eigenvalue weighted by molar-refractivity contribution is -0.136. The van der Waals surface area contributed by atoms with Crippen LogP contribution in [-0.4, -0.2) is 36.5 Å². The van der Waals surface area contributed by atoms with Crippen molar-refractivity contribution in [3.63, 3.8) is 0 Å². The minimum absolute atomic E-state index is 0.153. The van der Waals surface area contributed by atoms with E-state index in [0.717, 1.165) is 24.5 Å². The van der Waals surface area contributed by atoms with E-state index in [-0.39, 0.29) is 5.91 Å². The maximum Gasteiger partial charge on any atom is 0.247 e. The number of carbonyl (C=O) groups is 1. The van der Waals surface area contributed by atoms with Crippen molar-refractivity contribution in [1.82, 2.24) is 4.90 Å². The van der Waals surface area contributed by atoms with Crippen molar-refractivity contribution >= 4 is 17.3 Å². The molecule has 0 aliphatic carbocycles. The minimum atomic E-state index is -0.497.